The Morgan fingerprint density at radius 1 is 1.33 bits per heavy atom. The predicted molar refractivity (Wildman–Crippen MR) is 76.5 cm³/mol. The van der Waals surface area contributed by atoms with Crippen LogP contribution < -0.4 is 5.56 Å². The second-order valence-corrected chi connectivity index (χ2v) is 5.43. The van der Waals surface area contributed by atoms with Gasteiger partial charge in [0.1, 0.15) is 11.6 Å². The van der Waals surface area contributed by atoms with Crippen LogP contribution in [0.2, 0.25) is 0 Å². The van der Waals surface area contributed by atoms with Gasteiger partial charge in [0.25, 0.3) is 11.5 Å². The van der Waals surface area contributed by atoms with Crippen molar-refractivity contribution < 1.29 is 14.7 Å². The lowest BCUT2D eigenvalue weighted by atomic mass is 10.1. The summed E-state index contributed by atoms with van der Waals surface area (Å²) in [5, 5.41) is 9.18. The molecule has 1 unspecified atom stereocenters. The second-order valence-electron chi connectivity index (χ2n) is 5.43. The van der Waals surface area contributed by atoms with Gasteiger partial charge in [-0.05, 0) is 32.5 Å². The summed E-state index contributed by atoms with van der Waals surface area (Å²) in [7, 11) is 1.71. The topological polar surface area (TPSA) is 93.7 Å². The molecule has 1 aliphatic rings. The minimum Gasteiger partial charge on any atom is -0.480 e. The lowest BCUT2D eigenvalue weighted by Crippen LogP contribution is -2.56. The maximum atomic E-state index is 12.5. The molecule has 2 heterocycles. The van der Waals surface area contributed by atoms with Crippen molar-refractivity contribution in [3.63, 3.8) is 0 Å². The monoisotopic (exact) mass is 293 g/mol. The third kappa shape index (κ3) is 2.97. The molecular formula is C14H19N3O4. The average molecular weight is 293 g/mol. The number of aliphatic carboxylic acids is 1. The number of carbonyl (C=O) groups is 2. The van der Waals surface area contributed by atoms with Crippen LogP contribution in [0.3, 0.4) is 0 Å². The molecule has 2 rings (SSSR count). The van der Waals surface area contributed by atoms with E-state index in [1.54, 1.807) is 31.9 Å². The van der Waals surface area contributed by atoms with Gasteiger partial charge in [0.15, 0.2) is 0 Å². The van der Waals surface area contributed by atoms with Gasteiger partial charge in [-0.15, -0.1) is 0 Å². The first kappa shape index (κ1) is 15.2. The Labute approximate surface area is 122 Å². The van der Waals surface area contributed by atoms with Crippen molar-refractivity contribution in [3.05, 3.63) is 33.2 Å². The Bertz CT molecular complexity index is 638. The van der Waals surface area contributed by atoms with Crippen LogP contribution in [0.4, 0.5) is 0 Å². The Hall–Kier alpha value is -2.15. The molecule has 1 fully saturated rings. The van der Waals surface area contributed by atoms with Crippen LogP contribution in [0.15, 0.2) is 10.9 Å². The molecule has 21 heavy (non-hydrogen) atoms. The number of pyridine rings is 1. The first-order valence-corrected chi connectivity index (χ1v) is 6.74. The number of rotatable bonds is 2. The van der Waals surface area contributed by atoms with Crippen LogP contribution in [0.5, 0.6) is 0 Å². The number of carbonyl (C=O) groups excluding carboxylic acids is 1. The van der Waals surface area contributed by atoms with Crippen LogP contribution in [0, 0.1) is 13.8 Å². The maximum absolute atomic E-state index is 12.5. The van der Waals surface area contributed by atoms with Crippen LogP contribution >= 0.6 is 0 Å². The lowest BCUT2D eigenvalue weighted by Gasteiger charge is -2.37. The first-order chi connectivity index (χ1) is 9.81. The van der Waals surface area contributed by atoms with Gasteiger partial charge in [-0.25, -0.2) is 0 Å². The van der Waals surface area contributed by atoms with Crippen LogP contribution in [-0.2, 0) is 4.79 Å². The van der Waals surface area contributed by atoms with Gasteiger partial charge < -0.3 is 15.0 Å². The second kappa shape index (κ2) is 5.69. The third-order valence-corrected chi connectivity index (χ3v) is 3.80. The highest BCUT2D eigenvalue weighted by Crippen LogP contribution is 2.13. The fraction of sp³-hybridized carbons (Fsp3) is 0.500. The number of aromatic nitrogens is 1. The molecule has 0 radical (unpaired) electrons. The summed E-state index contributed by atoms with van der Waals surface area (Å²) in [5.74, 6) is -1.38. The SMILES string of the molecule is Cc1cc(C)c(C(=O)N2CCN(C)C(C(=O)O)C2)c(=O)[nH]1. The Morgan fingerprint density at radius 3 is 2.57 bits per heavy atom. The fourth-order valence-corrected chi connectivity index (χ4v) is 2.60. The number of hydrogen-bond donors (Lipinski definition) is 2. The molecule has 2 N–H and O–H groups in total. The Morgan fingerprint density at radius 2 is 2.00 bits per heavy atom. The van der Waals surface area contributed by atoms with E-state index in [4.69, 9.17) is 0 Å². The summed E-state index contributed by atoms with van der Waals surface area (Å²) in [6.45, 7) is 4.41. The molecule has 1 saturated heterocycles. The number of H-pyrrole nitrogens is 1. The molecule has 0 aliphatic carbocycles. The van der Waals surface area contributed by atoms with E-state index in [-0.39, 0.29) is 12.1 Å². The van der Waals surface area contributed by atoms with E-state index in [0.29, 0.717) is 24.3 Å². The smallest absolute Gasteiger partial charge is 0.322 e. The van der Waals surface area contributed by atoms with Crippen molar-refractivity contribution in [3.8, 4) is 0 Å². The highest BCUT2D eigenvalue weighted by molar-refractivity contribution is 5.95. The number of nitrogens with zero attached hydrogens (tertiary/aromatic N) is 2. The first-order valence-electron chi connectivity index (χ1n) is 6.74. The predicted octanol–water partition coefficient (Wildman–Crippen LogP) is -0.167. The van der Waals surface area contributed by atoms with Crippen LogP contribution in [-0.4, -0.2) is 64.5 Å². The third-order valence-electron chi connectivity index (χ3n) is 3.80. The summed E-state index contributed by atoms with van der Waals surface area (Å²) >= 11 is 0. The van der Waals surface area contributed by atoms with Crippen molar-refractivity contribution in [2.45, 2.75) is 19.9 Å². The summed E-state index contributed by atoms with van der Waals surface area (Å²) in [6.07, 6.45) is 0. The lowest BCUT2D eigenvalue weighted by molar-refractivity contribution is -0.144. The quantitative estimate of drug-likeness (QED) is 0.790. The molecule has 7 nitrogen and oxygen atoms in total. The van der Waals surface area contributed by atoms with Crippen LogP contribution in [0.1, 0.15) is 21.6 Å². The molecule has 0 spiro atoms. The molecular weight excluding hydrogens is 274 g/mol. The van der Waals surface area contributed by atoms with E-state index < -0.39 is 23.5 Å². The average Bonchev–Trinajstić information content (AvgIpc) is 2.37. The van der Waals surface area contributed by atoms with E-state index >= 15 is 0 Å². The minimum absolute atomic E-state index is 0.0808. The number of aromatic amines is 1. The van der Waals surface area contributed by atoms with Crippen molar-refractivity contribution >= 4 is 11.9 Å². The number of amides is 1. The Kier molecular flexibility index (Phi) is 4.13. The van der Waals surface area contributed by atoms with E-state index in [2.05, 4.69) is 4.98 Å². The van der Waals surface area contributed by atoms with E-state index in [1.165, 1.54) is 4.90 Å². The van der Waals surface area contributed by atoms with Crippen LogP contribution in [0.25, 0.3) is 0 Å². The molecule has 0 aromatic carbocycles. The summed E-state index contributed by atoms with van der Waals surface area (Å²) in [4.78, 5) is 41.5. The number of piperazine rings is 1. The molecule has 0 bridgehead atoms. The molecule has 0 saturated carbocycles. The van der Waals surface area contributed by atoms with Gasteiger partial charge in [-0.3, -0.25) is 19.3 Å². The fourth-order valence-electron chi connectivity index (χ4n) is 2.60. The maximum Gasteiger partial charge on any atom is 0.322 e. The molecule has 1 aromatic rings. The van der Waals surface area contributed by atoms with Gasteiger partial charge >= 0.3 is 5.97 Å². The molecule has 114 valence electrons. The van der Waals surface area contributed by atoms with Gasteiger partial charge in [0.05, 0.1) is 0 Å². The number of likely N-dealkylation sites (N-methyl/N-ethyl adjacent to an activating group) is 1. The molecule has 1 aromatic heterocycles. The van der Waals surface area contributed by atoms with Crippen molar-refractivity contribution in [2.24, 2.45) is 0 Å². The standard InChI is InChI=1S/C14H19N3O4/c1-8-6-9(2)15-12(18)11(8)13(19)17-5-4-16(3)10(7-17)14(20)21/h6,10H,4-5,7H2,1-3H3,(H,15,18)(H,20,21). The number of carboxylic acids is 1. The zero-order valence-electron chi connectivity index (χ0n) is 12.3. The number of carboxylic acid groups (broad SMARTS) is 1. The number of hydrogen-bond acceptors (Lipinski definition) is 4. The summed E-state index contributed by atoms with van der Waals surface area (Å²) in [6, 6.07) is 0.992. The van der Waals surface area contributed by atoms with Gasteiger partial charge in [-0.2, -0.15) is 0 Å². The molecule has 1 atom stereocenters. The molecule has 1 aliphatic heterocycles. The van der Waals surface area contributed by atoms with Gasteiger partial charge in [0.2, 0.25) is 0 Å². The van der Waals surface area contributed by atoms with Crippen molar-refractivity contribution in [2.75, 3.05) is 26.7 Å². The summed E-state index contributed by atoms with van der Waals surface area (Å²) < 4.78 is 0. The zero-order chi connectivity index (χ0) is 15.7. The molecule has 1 amide bonds. The minimum atomic E-state index is -0.968. The van der Waals surface area contributed by atoms with Gasteiger partial charge in [0, 0.05) is 25.3 Å². The van der Waals surface area contributed by atoms with Crippen molar-refractivity contribution in [1.82, 2.24) is 14.8 Å². The largest absolute Gasteiger partial charge is 0.480 e. The normalized spacial score (nSPS) is 19.6. The summed E-state index contributed by atoms with van der Waals surface area (Å²) in [5.41, 5.74) is 0.959. The van der Waals surface area contributed by atoms with E-state index in [0.717, 1.165) is 0 Å². The van der Waals surface area contributed by atoms with E-state index in [1.807, 2.05) is 0 Å². The Balaban J connectivity index is 2.29. The highest BCUT2D eigenvalue weighted by Gasteiger charge is 2.33. The van der Waals surface area contributed by atoms with E-state index in [9.17, 15) is 19.5 Å². The van der Waals surface area contributed by atoms with Gasteiger partial charge in [-0.1, -0.05) is 0 Å². The zero-order valence-corrected chi connectivity index (χ0v) is 12.3. The number of aryl methyl sites for hydroxylation is 2. The molecule has 7 heteroatoms. The number of nitrogens with one attached hydrogen (secondary N) is 1. The highest BCUT2D eigenvalue weighted by atomic mass is 16.4. The van der Waals surface area contributed by atoms with Crippen molar-refractivity contribution in [1.29, 1.82) is 0 Å².